The highest BCUT2D eigenvalue weighted by Crippen LogP contribution is 2.23. The van der Waals surface area contributed by atoms with Crippen LogP contribution >= 0.6 is 0 Å². The van der Waals surface area contributed by atoms with Crippen LogP contribution in [0.15, 0.2) is 34.9 Å². The van der Waals surface area contributed by atoms with Crippen LogP contribution < -0.4 is 5.32 Å². The molecule has 21 heavy (non-hydrogen) atoms. The molecule has 1 aromatic carbocycles. The third-order valence-corrected chi connectivity index (χ3v) is 3.41. The fourth-order valence-electron chi connectivity index (χ4n) is 2.09. The summed E-state index contributed by atoms with van der Waals surface area (Å²) < 4.78 is 10.8. The molecule has 2 aromatic rings. The molecule has 0 aliphatic heterocycles. The molecular formula is C17H24N2O2. The molecule has 0 unspecified atom stereocenters. The van der Waals surface area contributed by atoms with E-state index in [1.165, 1.54) is 5.56 Å². The molecular weight excluding hydrogens is 264 g/mol. The summed E-state index contributed by atoms with van der Waals surface area (Å²) in [5.74, 6) is 2.14. The number of rotatable bonds is 8. The van der Waals surface area contributed by atoms with Gasteiger partial charge < -0.3 is 14.5 Å². The summed E-state index contributed by atoms with van der Waals surface area (Å²) in [5.41, 5.74) is 2.41. The molecule has 4 nitrogen and oxygen atoms in total. The predicted molar refractivity (Wildman–Crippen MR) is 84.5 cm³/mol. The Balaban J connectivity index is 1.90. The second kappa shape index (κ2) is 7.96. The largest absolute Gasteiger partial charge is 0.441 e. The zero-order valence-corrected chi connectivity index (χ0v) is 13.1. The van der Waals surface area contributed by atoms with Gasteiger partial charge in [-0.05, 0) is 11.5 Å². The first-order chi connectivity index (χ1) is 10.2. The molecule has 0 amide bonds. The topological polar surface area (TPSA) is 47.3 Å². The Morgan fingerprint density at radius 3 is 2.62 bits per heavy atom. The zero-order chi connectivity index (χ0) is 15.1. The van der Waals surface area contributed by atoms with Crippen LogP contribution in [-0.4, -0.2) is 31.8 Å². The lowest BCUT2D eigenvalue weighted by Crippen LogP contribution is -2.21. The number of hydrogen-bond donors (Lipinski definition) is 1. The number of benzene rings is 1. The lowest BCUT2D eigenvalue weighted by Gasteiger charge is -2.05. The molecule has 0 saturated carbocycles. The van der Waals surface area contributed by atoms with E-state index in [0.29, 0.717) is 5.92 Å². The van der Waals surface area contributed by atoms with Gasteiger partial charge in [0.1, 0.15) is 0 Å². The van der Waals surface area contributed by atoms with E-state index in [2.05, 4.69) is 48.4 Å². The second-order valence-corrected chi connectivity index (χ2v) is 5.39. The lowest BCUT2D eigenvalue weighted by molar-refractivity contribution is 0.199. The first kappa shape index (κ1) is 15.7. The number of nitrogens with one attached hydrogen (secondary N) is 1. The van der Waals surface area contributed by atoms with Crippen LogP contribution in [0.1, 0.15) is 31.2 Å². The summed E-state index contributed by atoms with van der Waals surface area (Å²) in [7, 11) is 1.70. The van der Waals surface area contributed by atoms with Gasteiger partial charge in [-0.2, -0.15) is 0 Å². The van der Waals surface area contributed by atoms with Gasteiger partial charge >= 0.3 is 0 Å². The number of ether oxygens (including phenoxy) is 1. The van der Waals surface area contributed by atoms with Gasteiger partial charge in [-0.25, -0.2) is 4.98 Å². The van der Waals surface area contributed by atoms with Gasteiger partial charge in [-0.3, -0.25) is 0 Å². The molecule has 0 radical (unpaired) electrons. The molecule has 2 rings (SSSR count). The number of hydrogen-bond acceptors (Lipinski definition) is 4. The van der Waals surface area contributed by atoms with Crippen molar-refractivity contribution in [2.45, 2.75) is 26.2 Å². The normalized spacial score (nSPS) is 11.2. The summed E-state index contributed by atoms with van der Waals surface area (Å²) in [5, 5.41) is 3.28. The maximum atomic E-state index is 5.79. The lowest BCUT2D eigenvalue weighted by atomic mass is 10.0. The Labute approximate surface area is 126 Å². The van der Waals surface area contributed by atoms with Crippen molar-refractivity contribution in [3.63, 3.8) is 0 Å². The second-order valence-electron chi connectivity index (χ2n) is 5.39. The molecule has 1 N–H and O–H groups in total. The highest BCUT2D eigenvalue weighted by Gasteiger charge is 2.07. The van der Waals surface area contributed by atoms with Crippen LogP contribution in [0.5, 0.6) is 0 Å². The first-order valence-corrected chi connectivity index (χ1v) is 7.45. The van der Waals surface area contributed by atoms with Crippen molar-refractivity contribution in [3.8, 4) is 11.3 Å². The van der Waals surface area contributed by atoms with E-state index < -0.39 is 0 Å². The monoisotopic (exact) mass is 288 g/mol. The van der Waals surface area contributed by atoms with Gasteiger partial charge in [0.05, 0.1) is 12.8 Å². The summed E-state index contributed by atoms with van der Waals surface area (Å²) in [6.07, 6.45) is 2.59. The van der Waals surface area contributed by atoms with Crippen molar-refractivity contribution < 1.29 is 9.15 Å². The standard InChI is InChI=1S/C17H24N2O2/c1-13(2)14-4-6-15(7-5-14)16-12-19-17(21-16)8-9-18-10-11-20-3/h4-7,12-13,18H,8-11H2,1-3H3. The van der Waals surface area contributed by atoms with Crippen LogP contribution in [-0.2, 0) is 11.2 Å². The van der Waals surface area contributed by atoms with E-state index >= 15 is 0 Å². The van der Waals surface area contributed by atoms with E-state index in [1.807, 2.05) is 0 Å². The average molecular weight is 288 g/mol. The van der Waals surface area contributed by atoms with Gasteiger partial charge in [0.2, 0.25) is 0 Å². The van der Waals surface area contributed by atoms with Gasteiger partial charge in [-0.15, -0.1) is 0 Å². The van der Waals surface area contributed by atoms with E-state index in [-0.39, 0.29) is 0 Å². The van der Waals surface area contributed by atoms with Gasteiger partial charge in [0.25, 0.3) is 0 Å². The molecule has 0 atom stereocenters. The summed E-state index contributed by atoms with van der Waals surface area (Å²) in [6.45, 7) is 6.80. The molecule has 0 spiro atoms. The summed E-state index contributed by atoms with van der Waals surface area (Å²) in [6, 6.07) is 8.48. The fourth-order valence-corrected chi connectivity index (χ4v) is 2.09. The third kappa shape index (κ3) is 4.69. The number of methoxy groups -OCH3 is 1. The zero-order valence-electron chi connectivity index (χ0n) is 13.1. The van der Waals surface area contributed by atoms with Crippen LogP contribution in [0.2, 0.25) is 0 Å². The van der Waals surface area contributed by atoms with E-state index in [9.17, 15) is 0 Å². The number of nitrogens with zero attached hydrogens (tertiary/aromatic N) is 1. The van der Waals surface area contributed by atoms with Crippen molar-refractivity contribution in [2.24, 2.45) is 0 Å². The van der Waals surface area contributed by atoms with Crippen molar-refractivity contribution in [3.05, 3.63) is 41.9 Å². The van der Waals surface area contributed by atoms with Crippen LogP contribution in [0.3, 0.4) is 0 Å². The van der Waals surface area contributed by atoms with Gasteiger partial charge in [0, 0.05) is 32.2 Å². The predicted octanol–water partition coefficient (Wildman–Crippen LogP) is 3.24. The fraction of sp³-hybridized carbons (Fsp3) is 0.471. The van der Waals surface area contributed by atoms with Gasteiger partial charge in [-0.1, -0.05) is 38.1 Å². The Bertz CT molecular complexity index is 532. The van der Waals surface area contributed by atoms with Crippen molar-refractivity contribution >= 4 is 0 Å². The smallest absolute Gasteiger partial charge is 0.196 e. The molecule has 4 heteroatoms. The third-order valence-electron chi connectivity index (χ3n) is 3.41. The highest BCUT2D eigenvalue weighted by molar-refractivity contribution is 5.56. The molecule has 0 fully saturated rings. The highest BCUT2D eigenvalue weighted by atomic mass is 16.5. The van der Waals surface area contributed by atoms with Crippen molar-refractivity contribution in [1.29, 1.82) is 0 Å². The maximum Gasteiger partial charge on any atom is 0.196 e. The van der Waals surface area contributed by atoms with Crippen LogP contribution in [0.25, 0.3) is 11.3 Å². The molecule has 0 aliphatic carbocycles. The van der Waals surface area contributed by atoms with E-state index in [4.69, 9.17) is 9.15 Å². The van der Waals surface area contributed by atoms with E-state index in [0.717, 1.165) is 43.3 Å². The Kier molecular flexibility index (Phi) is 5.96. The molecule has 1 aromatic heterocycles. The quantitative estimate of drug-likeness (QED) is 0.758. The van der Waals surface area contributed by atoms with Crippen LogP contribution in [0.4, 0.5) is 0 Å². The maximum absolute atomic E-state index is 5.79. The SMILES string of the molecule is COCCNCCc1ncc(-c2ccc(C(C)C)cc2)o1. The minimum absolute atomic E-state index is 0.544. The Morgan fingerprint density at radius 2 is 1.95 bits per heavy atom. The Morgan fingerprint density at radius 1 is 1.19 bits per heavy atom. The number of oxazole rings is 1. The molecule has 0 aliphatic rings. The number of aromatic nitrogens is 1. The van der Waals surface area contributed by atoms with Crippen molar-refractivity contribution in [1.82, 2.24) is 10.3 Å². The minimum Gasteiger partial charge on any atom is -0.441 e. The van der Waals surface area contributed by atoms with Crippen LogP contribution in [0, 0.1) is 0 Å². The average Bonchev–Trinajstić information content (AvgIpc) is 2.96. The molecule has 0 bridgehead atoms. The van der Waals surface area contributed by atoms with Crippen molar-refractivity contribution in [2.75, 3.05) is 26.8 Å². The summed E-state index contributed by atoms with van der Waals surface area (Å²) >= 11 is 0. The summed E-state index contributed by atoms with van der Waals surface area (Å²) in [4.78, 5) is 4.33. The Hall–Kier alpha value is -1.65. The first-order valence-electron chi connectivity index (χ1n) is 7.45. The molecule has 1 heterocycles. The van der Waals surface area contributed by atoms with Gasteiger partial charge in [0.15, 0.2) is 11.7 Å². The van der Waals surface area contributed by atoms with E-state index in [1.54, 1.807) is 13.3 Å². The minimum atomic E-state index is 0.544. The molecule has 114 valence electrons. The molecule has 0 saturated heterocycles.